The Morgan fingerprint density at radius 2 is 1.72 bits per heavy atom. The third-order valence-electron chi connectivity index (χ3n) is 3.37. The van der Waals surface area contributed by atoms with Crippen molar-refractivity contribution in [1.29, 1.82) is 0 Å². The first-order valence-corrected chi connectivity index (χ1v) is 8.26. The molecule has 0 bridgehead atoms. The van der Waals surface area contributed by atoms with Crippen molar-refractivity contribution in [2.75, 3.05) is 5.32 Å². The summed E-state index contributed by atoms with van der Waals surface area (Å²) in [5.74, 6) is 0.946. The van der Waals surface area contributed by atoms with Gasteiger partial charge in [0.1, 0.15) is 10.3 Å². The Bertz CT molecular complexity index is 887. The van der Waals surface area contributed by atoms with Crippen LogP contribution in [0.2, 0.25) is 10.3 Å². The van der Waals surface area contributed by atoms with Crippen LogP contribution >= 0.6 is 23.2 Å². The van der Waals surface area contributed by atoms with Crippen LogP contribution in [-0.4, -0.2) is 21.0 Å². The number of nitrogens with zero attached hydrogens (tertiary/aromatic N) is 3. The van der Waals surface area contributed by atoms with Crippen LogP contribution in [0.15, 0.2) is 40.9 Å². The summed E-state index contributed by atoms with van der Waals surface area (Å²) in [6.45, 7) is 3.98. The fourth-order valence-electron chi connectivity index (χ4n) is 2.08. The number of nitrogens with one attached hydrogen (secondary N) is 1. The number of carbonyl (C=O) groups excluding carboxylic acids is 1. The number of hydrogen-bond acceptors (Lipinski definition) is 5. The van der Waals surface area contributed by atoms with Crippen molar-refractivity contribution in [3.05, 3.63) is 58.1 Å². The molecule has 0 saturated carbocycles. The molecule has 2 aromatic heterocycles. The van der Waals surface area contributed by atoms with Gasteiger partial charge in [-0.1, -0.05) is 42.2 Å². The topological polar surface area (TPSA) is 80.9 Å². The zero-order valence-corrected chi connectivity index (χ0v) is 15.0. The van der Waals surface area contributed by atoms with Crippen LogP contribution in [0.1, 0.15) is 35.9 Å². The van der Waals surface area contributed by atoms with E-state index in [0.717, 1.165) is 5.56 Å². The molecule has 1 N–H and O–H groups in total. The fourth-order valence-corrected chi connectivity index (χ4v) is 2.54. The highest BCUT2D eigenvalue weighted by atomic mass is 35.5. The maximum atomic E-state index is 12.3. The minimum Gasteiger partial charge on any atom is -0.334 e. The monoisotopic (exact) mass is 376 g/mol. The summed E-state index contributed by atoms with van der Waals surface area (Å²) in [5, 5.41) is 7.01. The minimum atomic E-state index is -0.334. The van der Waals surface area contributed by atoms with Crippen molar-refractivity contribution in [3.8, 4) is 11.5 Å². The molecule has 0 atom stereocenters. The van der Waals surface area contributed by atoms with Gasteiger partial charge in [-0.3, -0.25) is 4.79 Å². The SMILES string of the molecule is CC(C)c1noc(-c2ccc(NC(=O)c3cc(Cl)nc(Cl)c3)cc2)n1. The largest absolute Gasteiger partial charge is 0.334 e. The second kappa shape index (κ2) is 7.21. The predicted octanol–water partition coefficient (Wildman–Crippen LogP) is 4.81. The molecule has 1 aromatic carbocycles. The first-order valence-electron chi connectivity index (χ1n) is 7.51. The van der Waals surface area contributed by atoms with Gasteiger partial charge in [0.25, 0.3) is 11.8 Å². The van der Waals surface area contributed by atoms with Crippen molar-refractivity contribution < 1.29 is 9.32 Å². The molecule has 0 radical (unpaired) electrons. The number of benzene rings is 1. The smallest absolute Gasteiger partial charge is 0.257 e. The van der Waals surface area contributed by atoms with E-state index >= 15 is 0 Å². The Kier molecular flexibility index (Phi) is 5.01. The Morgan fingerprint density at radius 3 is 2.28 bits per heavy atom. The molecule has 25 heavy (non-hydrogen) atoms. The predicted molar refractivity (Wildman–Crippen MR) is 96.0 cm³/mol. The Morgan fingerprint density at radius 1 is 1.08 bits per heavy atom. The molecule has 0 spiro atoms. The molecule has 0 aliphatic heterocycles. The van der Waals surface area contributed by atoms with Crippen molar-refractivity contribution in [3.63, 3.8) is 0 Å². The van der Waals surface area contributed by atoms with Crippen molar-refractivity contribution in [2.24, 2.45) is 0 Å². The lowest BCUT2D eigenvalue weighted by Gasteiger charge is -2.06. The van der Waals surface area contributed by atoms with Crippen molar-refractivity contribution in [2.45, 2.75) is 19.8 Å². The average molecular weight is 377 g/mol. The Hall–Kier alpha value is -2.44. The molecular weight excluding hydrogens is 363 g/mol. The van der Waals surface area contributed by atoms with E-state index in [4.69, 9.17) is 27.7 Å². The number of amides is 1. The summed E-state index contributed by atoms with van der Waals surface area (Å²) in [7, 11) is 0. The van der Waals surface area contributed by atoms with Crippen molar-refractivity contribution in [1.82, 2.24) is 15.1 Å². The summed E-state index contributed by atoms with van der Waals surface area (Å²) < 4.78 is 5.24. The zero-order valence-electron chi connectivity index (χ0n) is 13.5. The van der Waals surface area contributed by atoms with Gasteiger partial charge >= 0.3 is 0 Å². The lowest BCUT2D eigenvalue weighted by atomic mass is 10.2. The first-order chi connectivity index (χ1) is 11.9. The standard InChI is InChI=1S/C17H14Cl2N4O2/c1-9(2)15-22-17(25-23-15)10-3-5-12(6-4-10)20-16(24)11-7-13(18)21-14(19)8-11/h3-9H,1-2H3,(H,20,24). The molecular formula is C17H14Cl2N4O2. The van der Waals surface area contributed by atoms with Crippen LogP contribution in [0.4, 0.5) is 5.69 Å². The number of rotatable bonds is 4. The minimum absolute atomic E-state index is 0.158. The van der Waals surface area contributed by atoms with E-state index in [1.54, 1.807) is 24.3 Å². The van der Waals surface area contributed by atoms with Gasteiger partial charge in [0.2, 0.25) is 0 Å². The molecule has 0 unspecified atom stereocenters. The Labute approximate surface area is 154 Å². The highest BCUT2D eigenvalue weighted by molar-refractivity contribution is 6.33. The van der Waals surface area contributed by atoms with Crippen LogP contribution in [0.5, 0.6) is 0 Å². The van der Waals surface area contributed by atoms with Gasteiger partial charge in [-0.25, -0.2) is 4.98 Å². The molecule has 2 heterocycles. The summed E-state index contributed by atoms with van der Waals surface area (Å²) in [5.41, 5.74) is 1.71. The molecule has 8 heteroatoms. The fraction of sp³-hybridized carbons (Fsp3) is 0.176. The molecule has 0 saturated heterocycles. The molecule has 6 nitrogen and oxygen atoms in total. The van der Waals surface area contributed by atoms with Gasteiger partial charge in [0.05, 0.1) is 0 Å². The van der Waals surface area contributed by atoms with Crippen LogP contribution in [0.3, 0.4) is 0 Å². The third-order valence-corrected chi connectivity index (χ3v) is 3.76. The maximum absolute atomic E-state index is 12.3. The maximum Gasteiger partial charge on any atom is 0.257 e. The molecule has 1 amide bonds. The second-order valence-corrected chi connectivity index (χ2v) is 6.42. The van der Waals surface area contributed by atoms with Gasteiger partial charge in [-0.15, -0.1) is 0 Å². The number of aromatic nitrogens is 3. The van der Waals surface area contributed by atoms with Crippen LogP contribution in [0, 0.1) is 0 Å². The van der Waals surface area contributed by atoms with Gasteiger partial charge in [0, 0.05) is 22.7 Å². The number of hydrogen-bond donors (Lipinski definition) is 1. The molecule has 0 aliphatic rings. The molecule has 3 rings (SSSR count). The van der Waals surface area contributed by atoms with Gasteiger partial charge in [-0.05, 0) is 36.4 Å². The third kappa shape index (κ3) is 4.15. The molecule has 128 valence electrons. The van der Waals surface area contributed by atoms with Gasteiger partial charge < -0.3 is 9.84 Å². The van der Waals surface area contributed by atoms with E-state index in [1.807, 2.05) is 13.8 Å². The summed E-state index contributed by atoms with van der Waals surface area (Å²) in [6.07, 6.45) is 0. The van der Waals surface area contributed by atoms with Crippen LogP contribution in [0.25, 0.3) is 11.5 Å². The lowest BCUT2D eigenvalue weighted by Crippen LogP contribution is -2.12. The number of carbonyl (C=O) groups is 1. The molecule has 0 fully saturated rings. The zero-order chi connectivity index (χ0) is 18.0. The summed E-state index contributed by atoms with van der Waals surface area (Å²) in [4.78, 5) is 20.4. The summed E-state index contributed by atoms with van der Waals surface area (Å²) in [6, 6.07) is 9.97. The van der Waals surface area contributed by atoms with E-state index in [1.165, 1.54) is 12.1 Å². The van der Waals surface area contributed by atoms with Gasteiger partial charge in [-0.2, -0.15) is 4.98 Å². The van der Waals surface area contributed by atoms with Crippen LogP contribution in [-0.2, 0) is 0 Å². The van der Waals surface area contributed by atoms with Crippen LogP contribution < -0.4 is 5.32 Å². The lowest BCUT2D eigenvalue weighted by molar-refractivity contribution is 0.102. The first kappa shape index (κ1) is 17.4. The molecule has 3 aromatic rings. The Balaban J connectivity index is 1.74. The summed E-state index contributed by atoms with van der Waals surface area (Å²) >= 11 is 11.6. The normalized spacial score (nSPS) is 10.9. The quantitative estimate of drug-likeness (QED) is 0.660. The van der Waals surface area contributed by atoms with Gasteiger partial charge in [0.15, 0.2) is 5.82 Å². The number of anilines is 1. The van der Waals surface area contributed by atoms with E-state index in [2.05, 4.69) is 20.4 Å². The highest BCUT2D eigenvalue weighted by Gasteiger charge is 2.12. The van der Waals surface area contributed by atoms with E-state index in [0.29, 0.717) is 23.0 Å². The second-order valence-electron chi connectivity index (χ2n) is 5.65. The number of halogens is 2. The number of pyridine rings is 1. The average Bonchev–Trinajstić information content (AvgIpc) is 3.05. The molecule has 0 aliphatic carbocycles. The van der Waals surface area contributed by atoms with E-state index in [-0.39, 0.29) is 22.1 Å². The van der Waals surface area contributed by atoms with E-state index in [9.17, 15) is 4.79 Å². The van der Waals surface area contributed by atoms with Crippen molar-refractivity contribution >= 4 is 34.8 Å². The highest BCUT2D eigenvalue weighted by Crippen LogP contribution is 2.22. The van der Waals surface area contributed by atoms with E-state index < -0.39 is 0 Å².